The number of likely N-dealkylation sites (N-methyl/N-ethyl adjacent to an activating group) is 1. The van der Waals surface area contributed by atoms with E-state index in [1.54, 1.807) is 0 Å². The van der Waals surface area contributed by atoms with Crippen LogP contribution in [0.4, 0.5) is 0 Å². The van der Waals surface area contributed by atoms with Crippen molar-refractivity contribution < 1.29 is 4.79 Å². The summed E-state index contributed by atoms with van der Waals surface area (Å²) in [6.07, 6.45) is 6.22. The Bertz CT molecular complexity index is 197. The van der Waals surface area contributed by atoms with Gasteiger partial charge in [0.05, 0.1) is 6.54 Å². The van der Waals surface area contributed by atoms with E-state index in [0.717, 1.165) is 0 Å². The Morgan fingerprint density at radius 3 is 2.54 bits per heavy atom. The molecule has 0 aromatic heterocycles. The minimum atomic E-state index is 0.259. The molecule has 13 heavy (non-hydrogen) atoms. The zero-order chi connectivity index (χ0) is 9.26. The number of rotatable bonds is 4. The maximum atomic E-state index is 11.5. The minimum absolute atomic E-state index is 0.259. The summed E-state index contributed by atoms with van der Waals surface area (Å²) in [5.41, 5.74) is 0. The molecule has 1 N–H and O–H groups in total. The summed E-state index contributed by atoms with van der Waals surface area (Å²) in [6, 6.07) is 1.17. The first-order chi connectivity index (χ1) is 6.27. The lowest BCUT2D eigenvalue weighted by Gasteiger charge is -2.27. The number of carbonyl (C=O) groups excluding carboxylic acids is 1. The molecule has 0 heterocycles. The van der Waals surface area contributed by atoms with Gasteiger partial charge in [0.25, 0.3) is 0 Å². The van der Waals surface area contributed by atoms with Gasteiger partial charge in [-0.3, -0.25) is 4.79 Å². The van der Waals surface area contributed by atoms with Gasteiger partial charge in [0.2, 0.25) is 5.91 Å². The van der Waals surface area contributed by atoms with E-state index in [1.165, 1.54) is 32.1 Å². The van der Waals surface area contributed by atoms with Crippen molar-refractivity contribution in [2.75, 3.05) is 13.6 Å². The quantitative estimate of drug-likeness (QED) is 0.696. The van der Waals surface area contributed by atoms with E-state index in [2.05, 4.69) is 5.32 Å². The number of nitrogens with one attached hydrogen (secondary N) is 1. The zero-order valence-electron chi connectivity index (χ0n) is 8.25. The van der Waals surface area contributed by atoms with Crippen LogP contribution in [0, 0.1) is 0 Å². The molecule has 2 rings (SSSR count). The van der Waals surface area contributed by atoms with Crippen molar-refractivity contribution in [3.8, 4) is 0 Å². The van der Waals surface area contributed by atoms with Gasteiger partial charge in [-0.1, -0.05) is 6.42 Å². The fraction of sp³-hybridized carbons (Fsp3) is 0.900. The first kappa shape index (κ1) is 9.00. The predicted molar refractivity (Wildman–Crippen MR) is 51.4 cm³/mol. The van der Waals surface area contributed by atoms with Gasteiger partial charge in [0.1, 0.15) is 0 Å². The topological polar surface area (TPSA) is 32.3 Å². The summed E-state index contributed by atoms with van der Waals surface area (Å²) in [7, 11) is 1.92. The van der Waals surface area contributed by atoms with Crippen LogP contribution in [0.1, 0.15) is 32.1 Å². The summed E-state index contributed by atoms with van der Waals surface area (Å²) in [5, 5.41) is 3.29. The summed E-state index contributed by atoms with van der Waals surface area (Å²) in [4.78, 5) is 13.4. The number of nitrogens with zero attached hydrogens (tertiary/aromatic N) is 1. The standard InChI is InChI=1S/C10H18N2O/c1-12(9-5-6-9)10(13)7-11-8-3-2-4-8/h8-9,11H,2-7H2,1H3. The molecule has 0 aromatic carbocycles. The van der Waals surface area contributed by atoms with Gasteiger partial charge in [0.15, 0.2) is 0 Å². The molecule has 0 spiro atoms. The molecule has 0 aliphatic heterocycles. The average Bonchev–Trinajstić information content (AvgIpc) is 2.82. The molecule has 0 unspecified atom stereocenters. The molecule has 3 nitrogen and oxygen atoms in total. The number of carbonyl (C=O) groups is 1. The highest BCUT2D eigenvalue weighted by molar-refractivity contribution is 5.78. The van der Waals surface area contributed by atoms with E-state index in [9.17, 15) is 4.79 Å². The van der Waals surface area contributed by atoms with Gasteiger partial charge in [-0.25, -0.2) is 0 Å². The van der Waals surface area contributed by atoms with Crippen molar-refractivity contribution in [3.63, 3.8) is 0 Å². The highest BCUT2D eigenvalue weighted by Crippen LogP contribution is 2.25. The normalized spacial score (nSPS) is 22.5. The van der Waals surface area contributed by atoms with Crippen LogP contribution in [0.25, 0.3) is 0 Å². The molecule has 2 aliphatic rings. The van der Waals surface area contributed by atoms with Gasteiger partial charge in [-0.05, 0) is 25.7 Å². The average molecular weight is 182 g/mol. The fourth-order valence-electron chi connectivity index (χ4n) is 1.63. The van der Waals surface area contributed by atoms with Gasteiger partial charge in [0, 0.05) is 19.1 Å². The lowest BCUT2D eigenvalue weighted by Crippen LogP contribution is -2.43. The van der Waals surface area contributed by atoms with Gasteiger partial charge >= 0.3 is 0 Å². The van der Waals surface area contributed by atoms with Crippen LogP contribution in [0.2, 0.25) is 0 Å². The number of hydrogen-bond acceptors (Lipinski definition) is 2. The predicted octanol–water partition coefficient (Wildman–Crippen LogP) is 0.749. The van der Waals surface area contributed by atoms with Gasteiger partial charge in [-0.2, -0.15) is 0 Å². The molecular weight excluding hydrogens is 164 g/mol. The van der Waals surface area contributed by atoms with Gasteiger partial charge in [-0.15, -0.1) is 0 Å². The number of amides is 1. The Balaban J connectivity index is 1.64. The Kier molecular flexibility index (Phi) is 2.54. The number of hydrogen-bond donors (Lipinski definition) is 1. The van der Waals surface area contributed by atoms with Crippen LogP contribution in [-0.2, 0) is 4.79 Å². The molecule has 1 amide bonds. The van der Waals surface area contributed by atoms with E-state index < -0.39 is 0 Å². The Morgan fingerprint density at radius 2 is 2.08 bits per heavy atom. The molecule has 0 aromatic rings. The lowest BCUT2D eigenvalue weighted by molar-refractivity contribution is -0.129. The first-order valence-corrected chi connectivity index (χ1v) is 5.26. The summed E-state index contributed by atoms with van der Waals surface area (Å²) in [5.74, 6) is 0.259. The van der Waals surface area contributed by atoms with E-state index in [-0.39, 0.29) is 5.91 Å². The molecule has 2 saturated carbocycles. The highest BCUT2D eigenvalue weighted by Gasteiger charge is 2.29. The SMILES string of the molecule is CN(C(=O)CNC1CCC1)C1CC1. The van der Waals surface area contributed by atoms with Crippen molar-refractivity contribution >= 4 is 5.91 Å². The Hall–Kier alpha value is -0.570. The highest BCUT2D eigenvalue weighted by atomic mass is 16.2. The monoisotopic (exact) mass is 182 g/mol. The van der Waals surface area contributed by atoms with Crippen molar-refractivity contribution in [2.45, 2.75) is 44.2 Å². The largest absolute Gasteiger partial charge is 0.342 e. The van der Waals surface area contributed by atoms with Crippen LogP contribution < -0.4 is 5.32 Å². The molecular formula is C10H18N2O. The van der Waals surface area contributed by atoms with E-state index in [1.807, 2.05) is 11.9 Å². The lowest BCUT2D eigenvalue weighted by atomic mass is 9.93. The third-order valence-electron chi connectivity index (χ3n) is 3.14. The second-order valence-corrected chi connectivity index (χ2v) is 4.24. The molecule has 3 heteroatoms. The third-order valence-corrected chi connectivity index (χ3v) is 3.14. The zero-order valence-corrected chi connectivity index (χ0v) is 8.25. The van der Waals surface area contributed by atoms with Gasteiger partial charge < -0.3 is 10.2 Å². The summed E-state index contributed by atoms with van der Waals surface area (Å²) < 4.78 is 0. The molecule has 0 atom stereocenters. The van der Waals surface area contributed by atoms with Crippen molar-refractivity contribution in [2.24, 2.45) is 0 Å². The summed E-state index contributed by atoms with van der Waals surface area (Å²) in [6.45, 7) is 0.539. The van der Waals surface area contributed by atoms with Crippen LogP contribution >= 0.6 is 0 Å². The van der Waals surface area contributed by atoms with Crippen LogP contribution in [0.15, 0.2) is 0 Å². The first-order valence-electron chi connectivity index (χ1n) is 5.26. The molecule has 2 fully saturated rings. The molecule has 0 saturated heterocycles. The Morgan fingerprint density at radius 1 is 1.38 bits per heavy atom. The third kappa shape index (κ3) is 2.21. The second-order valence-electron chi connectivity index (χ2n) is 4.24. The second kappa shape index (κ2) is 3.66. The van der Waals surface area contributed by atoms with E-state index in [4.69, 9.17) is 0 Å². The van der Waals surface area contributed by atoms with Crippen molar-refractivity contribution in [3.05, 3.63) is 0 Å². The van der Waals surface area contributed by atoms with E-state index >= 15 is 0 Å². The molecule has 0 radical (unpaired) electrons. The van der Waals surface area contributed by atoms with Crippen LogP contribution in [-0.4, -0.2) is 36.5 Å². The molecule has 0 bridgehead atoms. The minimum Gasteiger partial charge on any atom is -0.342 e. The summed E-state index contributed by atoms with van der Waals surface area (Å²) >= 11 is 0. The van der Waals surface area contributed by atoms with Crippen molar-refractivity contribution in [1.29, 1.82) is 0 Å². The van der Waals surface area contributed by atoms with Crippen LogP contribution in [0.3, 0.4) is 0 Å². The molecule has 74 valence electrons. The molecule has 2 aliphatic carbocycles. The Labute approximate surface area is 79.5 Å². The smallest absolute Gasteiger partial charge is 0.236 e. The maximum Gasteiger partial charge on any atom is 0.236 e. The van der Waals surface area contributed by atoms with Crippen molar-refractivity contribution in [1.82, 2.24) is 10.2 Å². The van der Waals surface area contributed by atoms with E-state index in [0.29, 0.717) is 18.6 Å². The maximum absolute atomic E-state index is 11.5. The fourth-order valence-corrected chi connectivity index (χ4v) is 1.63. The van der Waals surface area contributed by atoms with Crippen LogP contribution in [0.5, 0.6) is 0 Å².